The molecule has 6 nitrogen and oxygen atoms in total. The Labute approximate surface area is 171 Å². The first-order valence-electron chi connectivity index (χ1n) is 9.09. The van der Waals surface area contributed by atoms with Crippen molar-refractivity contribution in [1.29, 1.82) is 0 Å². The number of benzene rings is 1. The Morgan fingerprint density at radius 1 is 1.18 bits per heavy atom. The highest BCUT2D eigenvalue weighted by atomic mass is 32.2. The van der Waals surface area contributed by atoms with Gasteiger partial charge in [0.1, 0.15) is 0 Å². The Morgan fingerprint density at radius 2 is 1.89 bits per heavy atom. The number of aromatic nitrogens is 1. The highest BCUT2D eigenvalue weighted by Gasteiger charge is 2.60. The van der Waals surface area contributed by atoms with E-state index in [2.05, 4.69) is 4.57 Å². The van der Waals surface area contributed by atoms with Gasteiger partial charge in [-0.25, -0.2) is 9.36 Å². The van der Waals surface area contributed by atoms with Crippen LogP contribution in [0.15, 0.2) is 59.8 Å². The maximum atomic E-state index is 12.3. The third-order valence-electron chi connectivity index (χ3n) is 5.03. The predicted molar refractivity (Wildman–Crippen MR) is 107 cm³/mol. The van der Waals surface area contributed by atoms with Gasteiger partial charge in [-0.05, 0) is 18.6 Å². The first-order valence-corrected chi connectivity index (χ1v) is 10.9. The summed E-state index contributed by atoms with van der Waals surface area (Å²) in [5.41, 5.74) is 1.16. The summed E-state index contributed by atoms with van der Waals surface area (Å²) in [4.78, 5) is 26.5. The summed E-state index contributed by atoms with van der Waals surface area (Å²) in [5.74, 6) is -1.40. The van der Waals surface area contributed by atoms with Gasteiger partial charge in [-0.15, -0.1) is 23.5 Å². The number of nitrogens with zero attached hydrogens (tertiary/aromatic N) is 2. The third-order valence-corrected chi connectivity index (χ3v) is 8.05. The molecule has 2 saturated heterocycles. The predicted octanol–water partition coefficient (Wildman–Crippen LogP) is 1.81. The van der Waals surface area contributed by atoms with E-state index < -0.39 is 12.0 Å². The molecule has 0 radical (unpaired) electrons. The summed E-state index contributed by atoms with van der Waals surface area (Å²) in [5, 5.41) is 18.7. The number of fused-ring (bicyclic) bond motifs is 1. The van der Waals surface area contributed by atoms with E-state index in [1.165, 1.54) is 28.4 Å². The van der Waals surface area contributed by atoms with Gasteiger partial charge in [0.15, 0.2) is 25.0 Å². The highest BCUT2D eigenvalue weighted by Crippen LogP contribution is 2.53. The van der Waals surface area contributed by atoms with Gasteiger partial charge in [0.2, 0.25) is 5.91 Å². The molecule has 1 aromatic carbocycles. The fraction of sp³-hybridized carbons (Fsp3) is 0.350. The Morgan fingerprint density at radius 3 is 2.54 bits per heavy atom. The summed E-state index contributed by atoms with van der Waals surface area (Å²) in [6.45, 7) is 0.715. The topological polar surface area (TPSA) is 81.7 Å². The summed E-state index contributed by atoms with van der Waals surface area (Å²) < 4.78 is 1.83. The van der Waals surface area contributed by atoms with Crippen molar-refractivity contribution >= 4 is 35.4 Å². The number of β-lactam (4-membered cyclic amide) rings is 1. The van der Waals surface area contributed by atoms with Gasteiger partial charge < -0.3 is 15.1 Å². The largest absolute Gasteiger partial charge is 0.480 e. The van der Waals surface area contributed by atoms with Crippen molar-refractivity contribution in [3.05, 3.63) is 60.4 Å². The van der Waals surface area contributed by atoms with Crippen LogP contribution in [0, 0.1) is 5.92 Å². The molecule has 0 bridgehead atoms. The Hall–Kier alpha value is -2.03. The Bertz CT molecular complexity index is 862. The van der Waals surface area contributed by atoms with Crippen LogP contribution in [0.25, 0.3) is 0 Å². The van der Waals surface area contributed by atoms with Crippen LogP contribution in [0.5, 0.6) is 0 Å². The van der Waals surface area contributed by atoms with Crippen molar-refractivity contribution in [2.45, 2.75) is 33.9 Å². The monoisotopic (exact) mass is 417 g/mol. The van der Waals surface area contributed by atoms with Crippen LogP contribution in [-0.2, 0) is 16.1 Å². The number of thioether (sulfide) groups is 2. The lowest BCUT2D eigenvalue weighted by Gasteiger charge is -2.43. The maximum Gasteiger partial charge on any atom is 0.328 e. The zero-order chi connectivity index (χ0) is 19.7. The van der Waals surface area contributed by atoms with E-state index in [1.54, 1.807) is 0 Å². The van der Waals surface area contributed by atoms with Crippen molar-refractivity contribution in [3.63, 3.8) is 0 Å². The summed E-state index contributed by atoms with van der Waals surface area (Å²) in [6.07, 6.45) is 4.42. The van der Waals surface area contributed by atoms with Crippen LogP contribution in [0.4, 0.5) is 0 Å². The Balaban J connectivity index is 1.44. The second-order valence-electron chi connectivity index (χ2n) is 6.85. The molecule has 2 aliphatic heterocycles. The van der Waals surface area contributed by atoms with Gasteiger partial charge in [0.05, 0.1) is 15.9 Å². The molecule has 3 unspecified atom stereocenters. The van der Waals surface area contributed by atoms with Crippen molar-refractivity contribution in [3.8, 4) is 0 Å². The number of pyridine rings is 1. The summed E-state index contributed by atoms with van der Waals surface area (Å²) in [6, 6.07) is 13.2. The van der Waals surface area contributed by atoms with Gasteiger partial charge in [0, 0.05) is 29.2 Å². The quantitative estimate of drug-likeness (QED) is 0.528. The zero-order valence-corrected chi connectivity index (χ0v) is 16.7. The first-order chi connectivity index (χ1) is 13.6. The lowest BCUT2D eigenvalue weighted by Crippen LogP contribution is -2.61. The number of carbonyl (C=O) groups is 2. The van der Waals surface area contributed by atoms with Gasteiger partial charge in [0.25, 0.3) is 0 Å². The average Bonchev–Trinajstić information content (AvgIpc) is 3.03. The van der Waals surface area contributed by atoms with Crippen LogP contribution in [0.2, 0.25) is 0 Å². The van der Waals surface area contributed by atoms with Gasteiger partial charge in [-0.1, -0.05) is 18.2 Å². The number of aliphatic hydroxyl groups excluding tert-OH is 1. The molecule has 2 N–H and O–H groups in total. The van der Waals surface area contributed by atoms with E-state index in [0.29, 0.717) is 6.42 Å². The lowest BCUT2D eigenvalue weighted by molar-refractivity contribution is -0.688. The number of amides is 1. The fourth-order valence-electron chi connectivity index (χ4n) is 3.64. The van der Waals surface area contributed by atoms with E-state index in [4.69, 9.17) is 5.11 Å². The molecule has 2 aromatic rings. The molecule has 8 heteroatoms. The van der Waals surface area contributed by atoms with Crippen LogP contribution < -0.4 is 4.57 Å². The molecule has 2 fully saturated rings. The number of hydrogen-bond donors (Lipinski definition) is 2. The van der Waals surface area contributed by atoms with Gasteiger partial charge >= 0.3 is 5.97 Å². The number of aliphatic hydroxyl groups is 1. The zero-order valence-electron chi connectivity index (χ0n) is 15.0. The number of rotatable bonds is 7. The highest BCUT2D eigenvalue weighted by molar-refractivity contribution is 8.17. The Kier molecular flexibility index (Phi) is 5.61. The van der Waals surface area contributed by atoms with E-state index >= 15 is 0 Å². The van der Waals surface area contributed by atoms with Crippen LogP contribution in [0.3, 0.4) is 0 Å². The van der Waals surface area contributed by atoms with E-state index in [9.17, 15) is 14.7 Å². The second kappa shape index (κ2) is 8.14. The molecule has 0 spiro atoms. The molecule has 1 amide bonds. The van der Waals surface area contributed by atoms with Crippen LogP contribution in [0.1, 0.15) is 12.0 Å². The van der Waals surface area contributed by atoms with E-state index in [0.717, 1.165) is 17.0 Å². The molecular weight excluding hydrogens is 396 g/mol. The molecule has 0 saturated carbocycles. The average molecular weight is 418 g/mol. The minimum atomic E-state index is -0.972. The van der Waals surface area contributed by atoms with Gasteiger partial charge in [-0.2, -0.15) is 0 Å². The minimum Gasteiger partial charge on any atom is -0.480 e. The van der Waals surface area contributed by atoms with E-state index in [-0.39, 0.29) is 28.4 Å². The van der Waals surface area contributed by atoms with E-state index in [1.807, 2.05) is 54.9 Å². The van der Waals surface area contributed by atoms with Gasteiger partial charge in [-0.3, -0.25) is 4.79 Å². The van der Waals surface area contributed by atoms with Crippen molar-refractivity contribution < 1.29 is 24.4 Å². The minimum absolute atomic E-state index is 0.0578. The molecule has 28 heavy (non-hydrogen) atoms. The first kappa shape index (κ1) is 19.3. The van der Waals surface area contributed by atoms with Crippen molar-refractivity contribution in [2.24, 2.45) is 5.92 Å². The molecular formula is C20H21N2O4S2+. The second-order valence-corrected chi connectivity index (χ2v) is 9.63. The number of hydrogen-bond acceptors (Lipinski definition) is 5. The molecule has 0 aliphatic carbocycles. The standard InChI is InChI=1S/C20H20N2O4S2/c23-11-8-15-17(24)22-16(19(25)26)20(28-18(15)22)27-14-6-4-13(5-7-14)12-21-9-2-1-3-10-21/h1-7,9-10,15-16,18,20,23H,8,11-12H2/p+1/t15-,16?,18?,20?/m0/s1. The number of carboxylic acid groups (broad SMARTS) is 1. The molecule has 4 rings (SSSR count). The molecule has 3 heterocycles. The smallest absolute Gasteiger partial charge is 0.328 e. The SMILES string of the molecule is O=C(O)C1C(Sc2ccc(C[n+]3ccccc3)cc2)SC2[C@@H](CCO)C(=O)N12. The normalized spacial score (nSPS) is 26.0. The molecule has 146 valence electrons. The summed E-state index contributed by atoms with van der Waals surface area (Å²) >= 11 is 3.01. The summed E-state index contributed by atoms with van der Waals surface area (Å²) in [7, 11) is 0. The number of carboxylic acids is 1. The number of aliphatic carboxylic acids is 1. The third kappa shape index (κ3) is 3.64. The number of carbonyl (C=O) groups excluding carboxylic acids is 1. The maximum absolute atomic E-state index is 12.3. The fourth-order valence-corrected chi connectivity index (χ4v) is 6.95. The molecule has 4 atom stereocenters. The molecule has 1 aromatic heterocycles. The molecule has 2 aliphatic rings. The van der Waals surface area contributed by atoms with Crippen molar-refractivity contribution in [1.82, 2.24) is 4.90 Å². The van der Waals surface area contributed by atoms with Crippen molar-refractivity contribution in [2.75, 3.05) is 6.61 Å². The van der Waals surface area contributed by atoms with Crippen LogP contribution in [-0.4, -0.2) is 49.6 Å². The lowest BCUT2D eigenvalue weighted by atomic mass is 9.93. The van der Waals surface area contributed by atoms with Crippen LogP contribution >= 0.6 is 23.5 Å².